The monoisotopic (exact) mass is 216 g/mol. The Balaban J connectivity index is 3.08. The van der Waals surface area contributed by atoms with Crippen molar-refractivity contribution in [3.63, 3.8) is 0 Å². The molecule has 0 spiro atoms. The molecule has 8 nitrogen and oxygen atoms in total. The quantitative estimate of drug-likeness (QED) is 0.694. The van der Waals surface area contributed by atoms with Gasteiger partial charge in [0.05, 0.1) is 6.07 Å². The zero-order valence-electron chi connectivity index (χ0n) is 7.00. The van der Waals surface area contributed by atoms with Crippen LogP contribution >= 0.6 is 0 Å². The highest BCUT2D eigenvalue weighted by Gasteiger charge is 2.14. The van der Waals surface area contributed by atoms with E-state index in [2.05, 4.69) is 13.9 Å². The molecular formula is C7H4O8. The van der Waals surface area contributed by atoms with Gasteiger partial charge in [0.2, 0.25) is 5.75 Å². The SMILES string of the molecule is O=C(O)Oc1coc(=O)cc1OC(=O)O. The van der Waals surface area contributed by atoms with Crippen molar-refractivity contribution < 1.29 is 33.7 Å². The van der Waals surface area contributed by atoms with E-state index in [4.69, 9.17) is 10.2 Å². The summed E-state index contributed by atoms with van der Waals surface area (Å²) in [6, 6.07) is 0.645. The molecule has 1 rings (SSSR count). The standard InChI is InChI=1S/C7H4O8/c8-5-1-3(14-6(9)10)4(2-13-5)15-7(11)12/h1-2H,(H,9,10)(H,11,12). The van der Waals surface area contributed by atoms with Crippen LogP contribution in [0, 0.1) is 0 Å². The minimum atomic E-state index is -1.71. The highest BCUT2D eigenvalue weighted by molar-refractivity contribution is 5.66. The van der Waals surface area contributed by atoms with Crippen molar-refractivity contribution in [3.8, 4) is 11.5 Å². The maximum atomic E-state index is 10.7. The molecule has 0 saturated carbocycles. The van der Waals surface area contributed by atoms with Crippen LogP contribution < -0.4 is 15.1 Å². The summed E-state index contributed by atoms with van der Waals surface area (Å²) in [7, 11) is 0. The zero-order valence-corrected chi connectivity index (χ0v) is 7.00. The van der Waals surface area contributed by atoms with Crippen molar-refractivity contribution in [3.05, 3.63) is 22.7 Å². The fourth-order valence-electron chi connectivity index (χ4n) is 0.724. The molecule has 0 aliphatic carbocycles. The minimum absolute atomic E-state index is 0.524. The second-order valence-electron chi connectivity index (χ2n) is 2.16. The van der Waals surface area contributed by atoms with Crippen molar-refractivity contribution in [1.82, 2.24) is 0 Å². The highest BCUT2D eigenvalue weighted by Crippen LogP contribution is 2.24. The molecule has 2 N–H and O–H groups in total. The van der Waals surface area contributed by atoms with Gasteiger partial charge in [-0.15, -0.1) is 0 Å². The predicted molar refractivity (Wildman–Crippen MR) is 42.3 cm³/mol. The van der Waals surface area contributed by atoms with Crippen LogP contribution in [0.15, 0.2) is 21.5 Å². The summed E-state index contributed by atoms with van der Waals surface area (Å²) in [5.41, 5.74) is -0.899. The van der Waals surface area contributed by atoms with E-state index >= 15 is 0 Å². The van der Waals surface area contributed by atoms with Crippen molar-refractivity contribution in [2.45, 2.75) is 0 Å². The summed E-state index contributed by atoms with van der Waals surface area (Å²) >= 11 is 0. The lowest BCUT2D eigenvalue weighted by molar-refractivity contribution is 0.131. The summed E-state index contributed by atoms with van der Waals surface area (Å²) < 4.78 is 12.5. The third kappa shape index (κ3) is 3.03. The van der Waals surface area contributed by atoms with Crippen LogP contribution in [-0.2, 0) is 0 Å². The fourth-order valence-corrected chi connectivity index (χ4v) is 0.724. The Morgan fingerprint density at radius 2 is 1.67 bits per heavy atom. The molecule has 0 amide bonds. The maximum absolute atomic E-state index is 10.7. The molecular weight excluding hydrogens is 212 g/mol. The molecule has 0 saturated heterocycles. The Hall–Kier alpha value is -2.51. The van der Waals surface area contributed by atoms with Crippen molar-refractivity contribution in [2.24, 2.45) is 0 Å². The van der Waals surface area contributed by atoms with Gasteiger partial charge in [-0.1, -0.05) is 0 Å². The molecule has 0 bridgehead atoms. The molecule has 0 aliphatic rings. The van der Waals surface area contributed by atoms with E-state index in [-0.39, 0.29) is 0 Å². The Kier molecular flexibility index (Phi) is 2.91. The topological polar surface area (TPSA) is 123 Å². The van der Waals surface area contributed by atoms with Gasteiger partial charge in [-0.05, 0) is 0 Å². The zero-order chi connectivity index (χ0) is 11.4. The Morgan fingerprint density at radius 1 is 1.13 bits per heavy atom. The van der Waals surface area contributed by atoms with Gasteiger partial charge in [0.15, 0.2) is 5.75 Å². The molecule has 80 valence electrons. The van der Waals surface area contributed by atoms with Gasteiger partial charge in [0, 0.05) is 0 Å². The van der Waals surface area contributed by atoms with E-state index in [1.54, 1.807) is 0 Å². The summed E-state index contributed by atoms with van der Waals surface area (Å²) in [6.45, 7) is 0. The van der Waals surface area contributed by atoms with Crippen molar-refractivity contribution >= 4 is 12.3 Å². The molecule has 0 atom stereocenters. The summed E-state index contributed by atoms with van der Waals surface area (Å²) in [6.07, 6.45) is -2.77. The van der Waals surface area contributed by atoms with E-state index in [0.717, 1.165) is 0 Å². The van der Waals surface area contributed by atoms with Gasteiger partial charge in [0.25, 0.3) is 0 Å². The molecule has 0 radical (unpaired) electrons. The molecule has 1 heterocycles. The van der Waals surface area contributed by atoms with Crippen LogP contribution in [0.25, 0.3) is 0 Å². The third-order valence-electron chi connectivity index (χ3n) is 1.17. The predicted octanol–water partition coefficient (Wildman–Crippen LogP) is 0.753. The van der Waals surface area contributed by atoms with Crippen LogP contribution in [0.5, 0.6) is 11.5 Å². The molecule has 15 heavy (non-hydrogen) atoms. The van der Waals surface area contributed by atoms with Crippen molar-refractivity contribution in [1.29, 1.82) is 0 Å². The Morgan fingerprint density at radius 3 is 2.20 bits per heavy atom. The number of carbonyl (C=O) groups is 2. The Bertz CT molecular complexity index is 445. The van der Waals surface area contributed by atoms with E-state index in [0.29, 0.717) is 12.3 Å². The molecule has 0 unspecified atom stereocenters. The molecule has 0 fully saturated rings. The van der Waals surface area contributed by atoms with E-state index in [9.17, 15) is 14.4 Å². The fraction of sp³-hybridized carbons (Fsp3) is 0. The third-order valence-corrected chi connectivity index (χ3v) is 1.17. The second kappa shape index (κ2) is 4.13. The minimum Gasteiger partial charge on any atom is -0.449 e. The lowest BCUT2D eigenvalue weighted by atomic mass is 10.4. The summed E-state index contributed by atoms with van der Waals surface area (Å²) in [5.74, 6) is -1.08. The van der Waals surface area contributed by atoms with E-state index in [1.165, 1.54) is 0 Å². The number of hydrogen-bond donors (Lipinski definition) is 2. The van der Waals surface area contributed by atoms with Gasteiger partial charge in [0.1, 0.15) is 6.26 Å². The second-order valence-corrected chi connectivity index (χ2v) is 2.16. The van der Waals surface area contributed by atoms with Gasteiger partial charge < -0.3 is 24.1 Å². The summed E-state index contributed by atoms with van der Waals surface area (Å²) in [4.78, 5) is 31.0. The summed E-state index contributed by atoms with van der Waals surface area (Å²) in [5, 5.41) is 16.5. The first-order chi connectivity index (χ1) is 6.99. The number of ether oxygens (including phenoxy) is 2. The average Bonchev–Trinajstić information content (AvgIpc) is 2.08. The van der Waals surface area contributed by atoms with Gasteiger partial charge in [-0.3, -0.25) is 0 Å². The van der Waals surface area contributed by atoms with Gasteiger partial charge >= 0.3 is 17.9 Å². The van der Waals surface area contributed by atoms with Crippen LogP contribution in [0.3, 0.4) is 0 Å². The number of carboxylic acid groups (broad SMARTS) is 2. The molecule has 1 aromatic rings. The smallest absolute Gasteiger partial charge is 0.449 e. The maximum Gasteiger partial charge on any atom is 0.511 e. The van der Waals surface area contributed by atoms with Gasteiger partial charge in [-0.25, -0.2) is 14.4 Å². The Labute approximate surface area is 81.3 Å². The molecule has 1 aromatic heterocycles. The molecule has 0 aliphatic heterocycles. The average molecular weight is 216 g/mol. The largest absolute Gasteiger partial charge is 0.511 e. The van der Waals surface area contributed by atoms with Crippen LogP contribution in [0.1, 0.15) is 0 Å². The first-order valence-electron chi connectivity index (χ1n) is 3.43. The first-order valence-corrected chi connectivity index (χ1v) is 3.43. The lowest BCUT2D eigenvalue weighted by Gasteiger charge is -2.03. The normalized spacial score (nSPS) is 9.33. The highest BCUT2D eigenvalue weighted by atomic mass is 16.7. The first kappa shape index (κ1) is 10.6. The van der Waals surface area contributed by atoms with E-state index in [1.807, 2.05) is 0 Å². The number of rotatable bonds is 2. The van der Waals surface area contributed by atoms with Crippen molar-refractivity contribution in [2.75, 3.05) is 0 Å². The van der Waals surface area contributed by atoms with Gasteiger partial charge in [-0.2, -0.15) is 0 Å². The van der Waals surface area contributed by atoms with Crippen LogP contribution in [0.2, 0.25) is 0 Å². The van der Waals surface area contributed by atoms with Crippen LogP contribution in [-0.4, -0.2) is 22.5 Å². The van der Waals surface area contributed by atoms with E-state index < -0.39 is 29.4 Å². The number of hydrogen-bond acceptors (Lipinski definition) is 6. The lowest BCUT2D eigenvalue weighted by Crippen LogP contribution is -2.10. The molecule has 8 heteroatoms. The van der Waals surface area contributed by atoms with Crippen LogP contribution in [0.4, 0.5) is 9.59 Å². The molecule has 0 aromatic carbocycles.